The van der Waals surface area contributed by atoms with E-state index in [0.717, 1.165) is 24.2 Å². The van der Waals surface area contributed by atoms with E-state index < -0.39 is 0 Å². The molecule has 2 aliphatic heterocycles. The predicted octanol–water partition coefficient (Wildman–Crippen LogP) is 2.84. The smallest absolute Gasteiger partial charge is 0.278 e. The Hall–Kier alpha value is -3.36. The molecule has 2 aromatic carbocycles. The largest absolute Gasteiger partial charge is 0.497 e. The normalized spacial score (nSPS) is 16.9. The fraction of sp³-hybridized carbons (Fsp3) is 0.385. The number of rotatable bonds is 8. The molecule has 0 unspecified atom stereocenters. The van der Waals surface area contributed by atoms with Crippen molar-refractivity contribution in [3.63, 3.8) is 0 Å². The number of hydrogen-bond acceptors (Lipinski definition) is 7. The predicted molar refractivity (Wildman–Crippen MR) is 130 cm³/mol. The quantitative estimate of drug-likeness (QED) is 0.601. The Balaban J connectivity index is 1.68. The van der Waals surface area contributed by atoms with E-state index in [1.54, 1.807) is 32.4 Å². The number of ether oxygens (including phenoxy) is 3. The fourth-order valence-corrected chi connectivity index (χ4v) is 4.15. The number of morpholine rings is 1. The van der Waals surface area contributed by atoms with Crippen molar-refractivity contribution in [1.82, 2.24) is 9.80 Å². The average Bonchev–Trinajstić information content (AvgIpc) is 3.08. The van der Waals surface area contributed by atoms with Crippen molar-refractivity contribution in [3.8, 4) is 11.5 Å². The Bertz CT molecular complexity index is 1100. The average molecular weight is 466 g/mol. The van der Waals surface area contributed by atoms with Crippen LogP contribution in [0.1, 0.15) is 16.7 Å². The van der Waals surface area contributed by atoms with Crippen LogP contribution in [-0.4, -0.2) is 75.2 Å². The van der Waals surface area contributed by atoms with E-state index in [1.807, 2.05) is 32.0 Å². The topological polar surface area (TPSA) is 80.3 Å². The maximum Gasteiger partial charge on any atom is 0.278 e. The zero-order chi connectivity index (χ0) is 24.2. The second-order valence-corrected chi connectivity index (χ2v) is 8.49. The molecule has 0 atom stereocenters. The van der Waals surface area contributed by atoms with Gasteiger partial charge in [-0.25, -0.2) is 0 Å². The highest BCUT2D eigenvalue weighted by Crippen LogP contribution is 2.33. The fourth-order valence-electron chi connectivity index (χ4n) is 4.15. The first-order valence-corrected chi connectivity index (χ1v) is 11.4. The molecular formula is C26H31N3O5. The number of anilines is 1. The molecule has 0 saturated carbocycles. The van der Waals surface area contributed by atoms with E-state index in [-0.39, 0.29) is 17.5 Å². The van der Waals surface area contributed by atoms with Crippen molar-refractivity contribution < 1.29 is 23.8 Å². The molecule has 8 heteroatoms. The first-order valence-electron chi connectivity index (χ1n) is 11.4. The van der Waals surface area contributed by atoms with Gasteiger partial charge in [0.15, 0.2) is 0 Å². The minimum absolute atomic E-state index is 0.255. The van der Waals surface area contributed by atoms with E-state index in [1.165, 1.54) is 4.90 Å². The molecule has 34 heavy (non-hydrogen) atoms. The highest BCUT2D eigenvalue weighted by atomic mass is 16.5. The Kier molecular flexibility index (Phi) is 7.19. The van der Waals surface area contributed by atoms with Crippen molar-refractivity contribution in [1.29, 1.82) is 0 Å². The molecule has 0 spiro atoms. The van der Waals surface area contributed by atoms with E-state index in [0.29, 0.717) is 54.6 Å². The Morgan fingerprint density at radius 3 is 2.18 bits per heavy atom. The van der Waals surface area contributed by atoms with E-state index in [9.17, 15) is 9.59 Å². The van der Waals surface area contributed by atoms with Gasteiger partial charge in [-0.2, -0.15) is 0 Å². The summed E-state index contributed by atoms with van der Waals surface area (Å²) in [6, 6.07) is 11.1. The number of methoxy groups -OCH3 is 2. The lowest BCUT2D eigenvalue weighted by Crippen LogP contribution is -2.43. The summed E-state index contributed by atoms with van der Waals surface area (Å²) in [6.45, 7) is 7.87. The third kappa shape index (κ3) is 4.93. The highest BCUT2D eigenvalue weighted by molar-refractivity contribution is 6.36. The van der Waals surface area contributed by atoms with Crippen LogP contribution in [0.25, 0.3) is 5.57 Å². The van der Waals surface area contributed by atoms with Gasteiger partial charge in [0.25, 0.3) is 11.8 Å². The van der Waals surface area contributed by atoms with Crippen LogP contribution < -0.4 is 14.8 Å². The summed E-state index contributed by atoms with van der Waals surface area (Å²) in [4.78, 5) is 30.6. The maximum atomic E-state index is 13.5. The van der Waals surface area contributed by atoms with Crippen LogP contribution in [0.15, 0.2) is 42.1 Å². The monoisotopic (exact) mass is 465 g/mol. The Morgan fingerprint density at radius 2 is 1.56 bits per heavy atom. The molecule has 2 aromatic rings. The minimum atomic E-state index is -0.340. The number of aryl methyl sites for hydroxylation is 2. The maximum absolute atomic E-state index is 13.5. The number of hydrogen-bond donors (Lipinski definition) is 1. The van der Waals surface area contributed by atoms with E-state index >= 15 is 0 Å². The molecule has 0 bridgehead atoms. The summed E-state index contributed by atoms with van der Waals surface area (Å²) in [5.41, 5.74) is 4.12. The van der Waals surface area contributed by atoms with Gasteiger partial charge < -0.3 is 19.5 Å². The van der Waals surface area contributed by atoms with Gasteiger partial charge in [-0.05, 0) is 30.5 Å². The number of nitrogens with zero attached hydrogens (tertiary/aromatic N) is 2. The molecule has 2 amide bonds. The molecule has 0 aliphatic carbocycles. The number of carbonyl (C=O) groups is 2. The van der Waals surface area contributed by atoms with Crippen LogP contribution in [0, 0.1) is 13.8 Å². The van der Waals surface area contributed by atoms with Gasteiger partial charge in [0.05, 0.1) is 33.0 Å². The van der Waals surface area contributed by atoms with Crippen molar-refractivity contribution >= 4 is 23.1 Å². The molecular weight excluding hydrogens is 434 g/mol. The lowest BCUT2D eigenvalue weighted by atomic mass is 9.99. The Morgan fingerprint density at radius 1 is 0.882 bits per heavy atom. The first kappa shape index (κ1) is 23.8. The summed E-state index contributed by atoms with van der Waals surface area (Å²) in [6.07, 6.45) is 0. The van der Waals surface area contributed by atoms with Gasteiger partial charge >= 0.3 is 0 Å². The third-order valence-electron chi connectivity index (χ3n) is 6.33. The standard InChI is InChI=1S/C26H31N3O5/c1-17-5-6-19(13-18(17)2)23-24(27-20-14-21(32-3)16-22(15-20)33-4)26(31)29(25(23)30)8-7-28-9-11-34-12-10-28/h5-6,13-16,27H,7-12H2,1-4H3. The molecule has 8 nitrogen and oxygen atoms in total. The van der Waals surface area contributed by atoms with Crippen molar-refractivity contribution in [2.24, 2.45) is 0 Å². The molecule has 1 N–H and O–H groups in total. The van der Waals surface area contributed by atoms with Crippen LogP contribution in [0.3, 0.4) is 0 Å². The van der Waals surface area contributed by atoms with Gasteiger partial charge in [-0.1, -0.05) is 18.2 Å². The summed E-state index contributed by atoms with van der Waals surface area (Å²) in [5, 5.41) is 3.20. The number of nitrogens with one attached hydrogen (secondary N) is 1. The molecule has 1 saturated heterocycles. The van der Waals surface area contributed by atoms with Crippen molar-refractivity contribution in [3.05, 3.63) is 58.8 Å². The highest BCUT2D eigenvalue weighted by Gasteiger charge is 2.39. The van der Waals surface area contributed by atoms with E-state index in [2.05, 4.69) is 10.2 Å². The third-order valence-corrected chi connectivity index (χ3v) is 6.33. The summed E-state index contributed by atoms with van der Waals surface area (Å²) in [5.74, 6) is 0.527. The minimum Gasteiger partial charge on any atom is -0.497 e. The number of carbonyl (C=O) groups excluding carboxylic acids is 2. The molecule has 4 rings (SSSR count). The van der Waals surface area contributed by atoms with Crippen LogP contribution in [0.4, 0.5) is 5.69 Å². The van der Waals surface area contributed by atoms with Gasteiger partial charge in [0.2, 0.25) is 0 Å². The zero-order valence-electron chi connectivity index (χ0n) is 20.1. The van der Waals surface area contributed by atoms with Crippen LogP contribution >= 0.6 is 0 Å². The summed E-state index contributed by atoms with van der Waals surface area (Å²) >= 11 is 0. The van der Waals surface area contributed by atoms with Gasteiger partial charge in [-0.3, -0.25) is 19.4 Å². The molecule has 0 radical (unpaired) electrons. The second kappa shape index (κ2) is 10.3. The number of amides is 2. The van der Waals surface area contributed by atoms with Gasteiger partial charge in [0, 0.05) is 50.1 Å². The first-order chi connectivity index (χ1) is 16.4. The second-order valence-electron chi connectivity index (χ2n) is 8.49. The lowest BCUT2D eigenvalue weighted by molar-refractivity contribution is -0.137. The van der Waals surface area contributed by atoms with E-state index in [4.69, 9.17) is 14.2 Å². The number of benzene rings is 2. The molecule has 180 valence electrons. The molecule has 1 fully saturated rings. The van der Waals surface area contributed by atoms with Crippen LogP contribution in [0.5, 0.6) is 11.5 Å². The van der Waals surface area contributed by atoms with Gasteiger partial charge in [-0.15, -0.1) is 0 Å². The summed E-state index contributed by atoms with van der Waals surface area (Å²) < 4.78 is 16.1. The van der Waals surface area contributed by atoms with Crippen molar-refractivity contribution in [2.45, 2.75) is 13.8 Å². The van der Waals surface area contributed by atoms with Crippen LogP contribution in [0.2, 0.25) is 0 Å². The molecule has 0 aromatic heterocycles. The molecule has 2 heterocycles. The Labute approximate surface area is 200 Å². The van der Waals surface area contributed by atoms with Gasteiger partial charge in [0.1, 0.15) is 17.2 Å². The SMILES string of the molecule is COc1cc(NC2=C(c3ccc(C)c(C)c3)C(=O)N(CCN3CCOCC3)C2=O)cc(OC)c1. The zero-order valence-corrected chi connectivity index (χ0v) is 20.1. The number of imide groups is 1. The molecule has 2 aliphatic rings. The summed E-state index contributed by atoms with van der Waals surface area (Å²) in [7, 11) is 3.13. The van der Waals surface area contributed by atoms with Crippen LogP contribution in [-0.2, 0) is 14.3 Å². The lowest BCUT2D eigenvalue weighted by Gasteiger charge is -2.28. The van der Waals surface area contributed by atoms with Crippen molar-refractivity contribution in [2.75, 3.05) is 58.9 Å².